The third-order valence-electron chi connectivity index (χ3n) is 11.7. The third kappa shape index (κ3) is 5.00. The van der Waals surface area contributed by atoms with Crippen LogP contribution in [0.15, 0.2) is 201 Å². The molecule has 0 saturated heterocycles. The SMILES string of the molecule is c1cncc(-c2ccc(-c3cc(-n4c5ccccc5c5ccc6c(cc7c8ccccc8c8ccccc8n76)c54)cc(-c4ccc(-c5cccnc5)cc4)n3)cc2)c1. The van der Waals surface area contributed by atoms with Crippen LogP contribution in [0.4, 0.5) is 0 Å². The summed E-state index contributed by atoms with van der Waals surface area (Å²) in [5, 5.41) is 7.39. The number of pyridine rings is 4. The molecule has 6 heterocycles. The van der Waals surface area contributed by atoms with Gasteiger partial charge < -0.3 is 8.97 Å². The number of hydrogen-bond donors (Lipinski definition) is 0. The van der Waals surface area contributed by atoms with Gasteiger partial charge in [-0.2, -0.15) is 0 Å². The highest BCUT2D eigenvalue weighted by atomic mass is 15.0. The summed E-state index contributed by atoms with van der Waals surface area (Å²) in [4.78, 5) is 14.1. The van der Waals surface area contributed by atoms with Gasteiger partial charge in [0.05, 0.1) is 44.7 Å². The summed E-state index contributed by atoms with van der Waals surface area (Å²) < 4.78 is 4.91. The predicted molar refractivity (Wildman–Crippen MR) is 239 cm³/mol. The molecule has 12 rings (SSSR count). The van der Waals surface area contributed by atoms with Crippen LogP contribution >= 0.6 is 0 Å². The molecule has 6 aromatic heterocycles. The molecule has 0 fully saturated rings. The lowest BCUT2D eigenvalue weighted by Crippen LogP contribution is -1.99. The van der Waals surface area contributed by atoms with Crippen molar-refractivity contribution in [2.24, 2.45) is 0 Å². The minimum atomic E-state index is 0.902. The van der Waals surface area contributed by atoms with Crippen molar-refractivity contribution in [2.75, 3.05) is 0 Å². The van der Waals surface area contributed by atoms with Crippen LogP contribution in [0.25, 0.3) is 110 Å². The molecule has 0 radical (unpaired) electrons. The molecule has 58 heavy (non-hydrogen) atoms. The maximum atomic E-state index is 5.37. The first-order chi connectivity index (χ1) is 28.8. The van der Waals surface area contributed by atoms with E-state index in [0.29, 0.717) is 0 Å². The van der Waals surface area contributed by atoms with Gasteiger partial charge in [-0.25, -0.2) is 4.98 Å². The fourth-order valence-corrected chi connectivity index (χ4v) is 8.98. The van der Waals surface area contributed by atoms with Crippen molar-refractivity contribution >= 4 is 59.9 Å². The highest BCUT2D eigenvalue weighted by Crippen LogP contribution is 2.42. The maximum Gasteiger partial charge on any atom is 0.0730 e. The second-order valence-electron chi connectivity index (χ2n) is 14.9. The molecule has 0 amide bonds. The van der Waals surface area contributed by atoms with Gasteiger partial charge in [-0.15, -0.1) is 0 Å². The van der Waals surface area contributed by atoms with E-state index in [1.807, 2.05) is 36.9 Å². The van der Waals surface area contributed by atoms with E-state index >= 15 is 0 Å². The van der Waals surface area contributed by atoms with E-state index < -0.39 is 0 Å². The highest BCUT2D eigenvalue weighted by Gasteiger charge is 2.21. The van der Waals surface area contributed by atoms with Gasteiger partial charge >= 0.3 is 0 Å². The van der Waals surface area contributed by atoms with Crippen LogP contribution in [0.3, 0.4) is 0 Å². The van der Waals surface area contributed by atoms with E-state index in [2.05, 4.69) is 183 Å². The highest BCUT2D eigenvalue weighted by molar-refractivity contribution is 6.22. The van der Waals surface area contributed by atoms with Crippen molar-refractivity contribution in [3.8, 4) is 50.5 Å². The van der Waals surface area contributed by atoms with Crippen LogP contribution in [0, 0.1) is 0 Å². The first kappa shape index (κ1) is 32.4. The van der Waals surface area contributed by atoms with E-state index in [1.54, 1.807) is 0 Å². The summed E-state index contributed by atoms with van der Waals surface area (Å²) in [6.07, 6.45) is 7.42. The fraction of sp³-hybridized carbons (Fsp3) is 0. The Morgan fingerprint density at radius 3 is 1.41 bits per heavy atom. The second kappa shape index (κ2) is 12.8. The van der Waals surface area contributed by atoms with Crippen molar-refractivity contribution in [1.29, 1.82) is 0 Å². The first-order valence-corrected chi connectivity index (χ1v) is 19.6. The van der Waals surface area contributed by atoms with E-state index in [4.69, 9.17) is 4.98 Å². The summed E-state index contributed by atoms with van der Waals surface area (Å²) in [6, 6.07) is 63.3. The van der Waals surface area contributed by atoms with Crippen LogP contribution in [0.2, 0.25) is 0 Å². The standard InChI is InChI=1S/C53H33N5/c1-2-13-43-41(11-1)42-12-3-6-16-50(42)58-51-26-25-45-44-14-4-5-15-49(44)57(53(45)46(51)31-52(43)58)40-29-47(36-21-17-34(18-22-36)38-9-7-27-54-32-38)56-48(30-40)37-23-19-35(20-24-37)39-10-8-28-55-33-39/h1-33H. The molecule has 0 unspecified atom stereocenters. The lowest BCUT2D eigenvalue weighted by molar-refractivity contribution is 1.16. The maximum absolute atomic E-state index is 5.37. The molecule has 0 saturated carbocycles. The zero-order valence-electron chi connectivity index (χ0n) is 31.3. The van der Waals surface area contributed by atoms with Crippen molar-refractivity contribution in [3.63, 3.8) is 0 Å². The van der Waals surface area contributed by atoms with Crippen LogP contribution in [0.1, 0.15) is 0 Å². The largest absolute Gasteiger partial charge is 0.309 e. The molecule has 0 aliphatic rings. The predicted octanol–water partition coefficient (Wildman–Crippen LogP) is 13.3. The molecule has 0 atom stereocenters. The Bertz CT molecular complexity index is 3430. The first-order valence-electron chi connectivity index (χ1n) is 19.6. The number of nitrogens with zero attached hydrogens (tertiary/aromatic N) is 5. The van der Waals surface area contributed by atoms with Crippen molar-refractivity contribution in [3.05, 3.63) is 201 Å². The van der Waals surface area contributed by atoms with Crippen molar-refractivity contribution in [1.82, 2.24) is 23.9 Å². The number of rotatable bonds is 5. The molecule has 12 aromatic rings. The Balaban J connectivity index is 1.14. The number of hydrogen-bond acceptors (Lipinski definition) is 3. The van der Waals surface area contributed by atoms with Gasteiger partial charge in [-0.3, -0.25) is 9.97 Å². The van der Waals surface area contributed by atoms with Crippen LogP contribution in [-0.4, -0.2) is 23.9 Å². The minimum absolute atomic E-state index is 0.902. The second-order valence-corrected chi connectivity index (χ2v) is 14.9. The van der Waals surface area contributed by atoms with Gasteiger partial charge in [0, 0.05) is 62.8 Å². The normalized spacial score (nSPS) is 11.8. The van der Waals surface area contributed by atoms with Crippen molar-refractivity contribution in [2.45, 2.75) is 0 Å². The third-order valence-corrected chi connectivity index (χ3v) is 11.7. The Labute approximate surface area is 333 Å². The van der Waals surface area contributed by atoms with Gasteiger partial charge in [-0.05, 0) is 76.2 Å². The van der Waals surface area contributed by atoms with Gasteiger partial charge in [0.1, 0.15) is 0 Å². The molecule has 0 aliphatic carbocycles. The summed E-state index contributed by atoms with van der Waals surface area (Å²) >= 11 is 0. The molecule has 0 bridgehead atoms. The van der Waals surface area contributed by atoms with E-state index in [9.17, 15) is 0 Å². The average Bonchev–Trinajstić information content (AvgIpc) is 3.87. The number of aromatic nitrogens is 5. The molecular formula is C53H33N5. The van der Waals surface area contributed by atoms with E-state index in [1.165, 1.54) is 54.4 Å². The monoisotopic (exact) mass is 739 g/mol. The molecule has 5 nitrogen and oxygen atoms in total. The van der Waals surface area contributed by atoms with Gasteiger partial charge in [0.25, 0.3) is 0 Å². The molecule has 0 aliphatic heterocycles. The average molecular weight is 740 g/mol. The Morgan fingerprint density at radius 2 is 0.828 bits per heavy atom. The van der Waals surface area contributed by atoms with Crippen molar-refractivity contribution < 1.29 is 0 Å². The van der Waals surface area contributed by atoms with Crippen LogP contribution in [0.5, 0.6) is 0 Å². The summed E-state index contributed by atoms with van der Waals surface area (Å²) in [7, 11) is 0. The van der Waals surface area contributed by atoms with Gasteiger partial charge in [0.2, 0.25) is 0 Å². The molecule has 270 valence electrons. The molecule has 5 heteroatoms. The van der Waals surface area contributed by atoms with Gasteiger partial charge in [-0.1, -0.05) is 127 Å². The smallest absolute Gasteiger partial charge is 0.0730 e. The Hall–Kier alpha value is -7.89. The summed E-state index contributed by atoms with van der Waals surface area (Å²) in [5.41, 5.74) is 15.2. The fourth-order valence-electron chi connectivity index (χ4n) is 8.98. The minimum Gasteiger partial charge on any atom is -0.309 e. The summed E-state index contributed by atoms with van der Waals surface area (Å²) in [5.74, 6) is 0. The van der Waals surface area contributed by atoms with Gasteiger partial charge in [0.15, 0.2) is 0 Å². The summed E-state index contributed by atoms with van der Waals surface area (Å²) in [6.45, 7) is 0. The lowest BCUT2D eigenvalue weighted by Gasteiger charge is -2.14. The molecular weight excluding hydrogens is 707 g/mol. The zero-order valence-corrected chi connectivity index (χ0v) is 31.3. The van der Waals surface area contributed by atoms with Crippen LogP contribution < -0.4 is 0 Å². The number of para-hydroxylation sites is 2. The van der Waals surface area contributed by atoms with E-state index in [0.717, 1.165) is 56.0 Å². The Morgan fingerprint density at radius 1 is 0.328 bits per heavy atom. The quantitative estimate of drug-likeness (QED) is 0.165. The molecule has 0 N–H and O–H groups in total. The zero-order chi connectivity index (χ0) is 38.2. The van der Waals surface area contributed by atoms with E-state index in [-0.39, 0.29) is 0 Å². The lowest BCUT2D eigenvalue weighted by atomic mass is 10.0. The molecule has 6 aromatic carbocycles. The number of fused-ring (bicyclic) bond motifs is 12. The molecule has 0 spiro atoms. The topological polar surface area (TPSA) is 48.0 Å². The van der Waals surface area contributed by atoms with Crippen LogP contribution in [-0.2, 0) is 0 Å². The Kier molecular flexibility index (Phi) is 7.16. The number of benzene rings is 6.